The second-order valence-corrected chi connectivity index (χ2v) is 6.41. The van der Waals surface area contributed by atoms with Gasteiger partial charge < -0.3 is 16.0 Å². The highest BCUT2D eigenvalue weighted by molar-refractivity contribution is 5.96. The van der Waals surface area contributed by atoms with Crippen LogP contribution in [0.25, 0.3) is 0 Å². The third kappa shape index (κ3) is 3.85. The first-order valence-electron chi connectivity index (χ1n) is 8.07. The van der Waals surface area contributed by atoms with Gasteiger partial charge in [-0.3, -0.25) is 9.59 Å². The second-order valence-electron chi connectivity index (χ2n) is 6.41. The number of carbonyl (C=O) groups excluding carboxylic acids is 2. The van der Waals surface area contributed by atoms with Crippen molar-refractivity contribution < 1.29 is 9.59 Å². The predicted molar refractivity (Wildman–Crippen MR) is 86.6 cm³/mol. The van der Waals surface area contributed by atoms with Crippen molar-refractivity contribution in [2.45, 2.75) is 38.6 Å². The van der Waals surface area contributed by atoms with E-state index in [2.05, 4.69) is 22.9 Å². The van der Waals surface area contributed by atoms with Gasteiger partial charge in [0.1, 0.15) is 0 Å². The molecule has 1 saturated heterocycles. The van der Waals surface area contributed by atoms with E-state index in [9.17, 15) is 9.59 Å². The zero-order valence-corrected chi connectivity index (χ0v) is 12.9. The molecule has 0 unspecified atom stereocenters. The third-order valence-corrected chi connectivity index (χ3v) is 4.34. The van der Waals surface area contributed by atoms with Crippen molar-refractivity contribution in [2.24, 2.45) is 11.8 Å². The van der Waals surface area contributed by atoms with Crippen molar-refractivity contribution in [3.8, 4) is 0 Å². The van der Waals surface area contributed by atoms with Crippen LogP contribution in [-0.4, -0.2) is 24.4 Å². The van der Waals surface area contributed by atoms with Crippen molar-refractivity contribution in [1.82, 2.24) is 5.32 Å². The fourth-order valence-corrected chi connectivity index (χ4v) is 2.88. The molecule has 2 amide bonds. The Labute approximate surface area is 130 Å². The summed E-state index contributed by atoms with van der Waals surface area (Å²) in [4.78, 5) is 24.1. The molecule has 118 valence electrons. The maximum atomic E-state index is 12.3. The summed E-state index contributed by atoms with van der Waals surface area (Å²) in [6.45, 7) is 2.99. The van der Waals surface area contributed by atoms with Crippen LogP contribution >= 0.6 is 0 Å². The molecule has 3 N–H and O–H groups in total. The summed E-state index contributed by atoms with van der Waals surface area (Å²) in [5.74, 6) is 0.380. The Bertz CT molecular complexity index is 569. The van der Waals surface area contributed by atoms with Gasteiger partial charge in [-0.2, -0.15) is 0 Å². The molecule has 5 heteroatoms. The Balaban J connectivity index is 1.59. The van der Waals surface area contributed by atoms with Gasteiger partial charge in [-0.25, -0.2) is 0 Å². The van der Waals surface area contributed by atoms with Crippen LogP contribution in [0, 0.1) is 11.8 Å². The maximum absolute atomic E-state index is 12.3. The van der Waals surface area contributed by atoms with Crippen LogP contribution < -0.4 is 16.0 Å². The molecule has 0 spiro atoms. The molecule has 1 aliphatic heterocycles. The van der Waals surface area contributed by atoms with E-state index in [4.69, 9.17) is 0 Å². The molecule has 1 heterocycles. The van der Waals surface area contributed by atoms with Gasteiger partial charge in [0, 0.05) is 29.3 Å². The lowest BCUT2D eigenvalue weighted by molar-refractivity contribution is -0.121. The highest BCUT2D eigenvalue weighted by Crippen LogP contribution is 2.30. The normalized spacial score (nSPS) is 24.6. The minimum absolute atomic E-state index is 0.0564. The molecule has 1 aromatic rings. The van der Waals surface area contributed by atoms with E-state index in [0.717, 1.165) is 43.6 Å². The van der Waals surface area contributed by atoms with Crippen molar-refractivity contribution in [1.29, 1.82) is 0 Å². The lowest BCUT2D eigenvalue weighted by atomic mass is 9.92. The van der Waals surface area contributed by atoms with Crippen LogP contribution in [-0.2, 0) is 9.59 Å². The summed E-state index contributed by atoms with van der Waals surface area (Å²) in [6.07, 6.45) is 3.70. The largest absolute Gasteiger partial charge is 0.326 e. The van der Waals surface area contributed by atoms with E-state index in [-0.39, 0.29) is 23.7 Å². The summed E-state index contributed by atoms with van der Waals surface area (Å²) >= 11 is 0. The number of benzene rings is 1. The molecule has 2 atom stereocenters. The third-order valence-electron chi connectivity index (χ3n) is 4.34. The van der Waals surface area contributed by atoms with E-state index in [1.807, 2.05) is 24.3 Å². The summed E-state index contributed by atoms with van der Waals surface area (Å²) in [5.41, 5.74) is 1.48. The van der Waals surface area contributed by atoms with Gasteiger partial charge in [0.05, 0.1) is 0 Å². The van der Waals surface area contributed by atoms with Crippen molar-refractivity contribution in [3.63, 3.8) is 0 Å². The smallest absolute Gasteiger partial charge is 0.227 e. The SMILES string of the molecule is C[C@H]1C[C@@H](C(=O)Nc2cccc(NC(=O)C3CC3)c2)CCN1. The van der Waals surface area contributed by atoms with Crippen LogP contribution in [0.2, 0.25) is 0 Å². The van der Waals surface area contributed by atoms with Crippen LogP contribution in [0.5, 0.6) is 0 Å². The number of piperidine rings is 1. The van der Waals surface area contributed by atoms with Gasteiger partial charge in [0.15, 0.2) is 0 Å². The monoisotopic (exact) mass is 301 g/mol. The second kappa shape index (κ2) is 6.48. The molecule has 3 rings (SSSR count). The average molecular weight is 301 g/mol. The molecule has 1 aromatic carbocycles. The van der Waals surface area contributed by atoms with E-state index >= 15 is 0 Å². The van der Waals surface area contributed by atoms with E-state index in [1.54, 1.807) is 0 Å². The van der Waals surface area contributed by atoms with E-state index in [0.29, 0.717) is 6.04 Å². The summed E-state index contributed by atoms with van der Waals surface area (Å²) in [6, 6.07) is 7.76. The molecular weight excluding hydrogens is 278 g/mol. The minimum Gasteiger partial charge on any atom is -0.326 e. The lowest BCUT2D eigenvalue weighted by Gasteiger charge is -2.27. The molecule has 5 nitrogen and oxygen atoms in total. The number of amides is 2. The van der Waals surface area contributed by atoms with Gasteiger partial charge in [-0.1, -0.05) is 6.07 Å². The van der Waals surface area contributed by atoms with Crippen molar-refractivity contribution in [3.05, 3.63) is 24.3 Å². The van der Waals surface area contributed by atoms with Crippen LogP contribution in [0.15, 0.2) is 24.3 Å². The maximum Gasteiger partial charge on any atom is 0.227 e. The quantitative estimate of drug-likeness (QED) is 0.799. The summed E-state index contributed by atoms with van der Waals surface area (Å²) < 4.78 is 0. The highest BCUT2D eigenvalue weighted by Gasteiger charge is 2.29. The topological polar surface area (TPSA) is 70.2 Å². The Morgan fingerprint density at radius 2 is 1.68 bits per heavy atom. The number of rotatable bonds is 4. The first-order chi connectivity index (χ1) is 10.6. The van der Waals surface area contributed by atoms with Crippen LogP contribution in [0.3, 0.4) is 0 Å². The number of hydrogen-bond acceptors (Lipinski definition) is 3. The predicted octanol–water partition coefficient (Wildman–Crippen LogP) is 2.36. The Kier molecular flexibility index (Phi) is 4.43. The molecule has 22 heavy (non-hydrogen) atoms. The van der Waals surface area contributed by atoms with Gasteiger partial charge in [-0.05, 0) is 57.4 Å². The summed E-state index contributed by atoms with van der Waals surface area (Å²) in [5, 5.41) is 9.23. The van der Waals surface area contributed by atoms with Gasteiger partial charge >= 0.3 is 0 Å². The fourth-order valence-electron chi connectivity index (χ4n) is 2.88. The Morgan fingerprint density at radius 3 is 2.27 bits per heavy atom. The standard InChI is InChI=1S/C17H23N3O2/c1-11-9-13(7-8-18-11)17(22)20-15-4-2-3-14(10-15)19-16(21)12-5-6-12/h2-4,10-13,18H,5-9H2,1H3,(H,19,21)(H,20,22)/t11-,13-/m0/s1. The van der Waals surface area contributed by atoms with E-state index < -0.39 is 0 Å². The number of anilines is 2. The van der Waals surface area contributed by atoms with Gasteiger partial charge in [-0.15, -0.1) is 0 Å². The molecule has 2 fully saturated rings. The molecule has 1 saturated carbocycles. The average Bonchev–Trinajstić information content (AvgIpc) is 3.32. The summed E-state index contributed by atoms with van der Waals surface area (Å²) in [7, 11) is 0. The van der Waals surface area contributed by atoms with Gasteiger partial charge in [0.2, 0.25) is 11.8 Å². The zero-order valence-electron chi connectivity index (χ0n) is 12.9. The molecular formula is C17H23N3O2. The fraction of sp³-hybridized carbons (Fsp3) is 0.529. The Morgan fingerprint density at radius 1 is 1.05 bits per heavy atom. The van der Waals surface area contributed by atoms with E-state index in [1.165, 1.54) is 0 Å². The molecule has 1 aliphatic carbocycles. The van der Waals surface area contributed by atoms with Gasteiger partial charge in [0.25, 0.3) is 0 Å². The van der Waals surface area contributed by atoms with Crippen LogP contribution in [0.1, 0.15) is 32.6 Å². The minimum atomic E-state index is 0.0564. The number of carbonyl (C=O) groups is 2. The first kappa shape index (κ1) is 15.0. The lowest BCUT2D eigenvalue weighted by Crippen LogP contribution is -2.40. The zero-order chi connectivity index (χ0) is 15.5. The first-order valence-corrected chi connectivity index (χ1v) is 8.07. The molecule has 0 radical (unpaired) electrons. The molecule has 2 aliphatic rings. The molecule has 0 bridgehead atoms. The Hall–Kier alpha value is -1.88. The number of hydrogen-bond donors (Lipinski definition) is 3. The van der Waals surface area contributed by atoms with Crippen LogP contribution in [0.4, 0.5) is 11.4 Å². The van der Waals surface area contributed by atoms with Crippen molar-refractivity contribution >= 4 is 23.2 Å². The number of nitrogens with one attached hydrogen (secondary N) is 3. The molecule has 0 aromatic heterocycles. The highest BCUT2D eigenvalue weighted by atomic mass is 16.2. The van der Waals surface area contributed by atoms with Crippen molar-refractivity contribution in [2.75, 3.05) is 17.2 Å².